The van der Waals surface area contributed by atoms with Gasteiger partial charge in [0.15, 0.2) is 0 Å². The van der Waals surface area contributed by atoms with Crippen molar-refractivity contribution in [2.75, 3.05) is 5.32 Å². The molecule has 0 aliphatic carbocycles. The van der Waals surface area contributed by atoms with Gasteiger partial charge in [-0.25, -0.2) is 14.9 Å². The number of H-pyrrole nitrogens is 2. The smallest absolute Gasteiger partial charge is 0.411 e. The first kappa shape index (κ1) is 13.9. The summed E-state index contributed by atoms with van der Waals surface area (Å²) in [6.45, 7) is 0. The molecular formula is C16H11N5O3. The zero-order valence-electron chi connectivity index (χ0n) is 12.2. The lowest BCUT2D eigenvalue weighted by molar-refractivity contribution is 0.209. The van der Waals surface area contributed by atoms with Crippen LogP contribution in [0.1, 0.15) is 0 Å². The SMILES string of the molecule is O=C(O)Nc1nc2ccc(-c3n[nH]c(=O)c4ccccc34)cc2[nH]1. The molecule has 0 unspecified atom stereocenters. The zero-order valence-corrected chi connectivity index (χ0v) is 12.2. The van der Waals surface area contributed by atoms with E-state index in [1.807, 2.05) is 24.3 Å². The number of hydrogen-bond acceptors (Lipinski definition) is 4. The average Bonchev–Trinajstić information content (AvgIpc) is 2.96. The van der Waals surface area contributed by atoms with Crippen LogP contribution < -0.4 is 10.9 Å². The molecule has 4 N–H and O–H groups in total. The van der Waals surface area contributed by atoms with E-state index in [0.717, 1.165) is 10.9 Å². The van der Waals surface area contributed by atoms with Gasteiger partial charge in [0.2, 0.25) is 5.95 Å². The first-order chi connectivity index (χ1) is 11.6. The van der Waals surface area contributed by atoms with Crippen molar-refractivity contribution in [3.8, 4) is 11.3 Å². The largest absolute Gasteiger partial charge is 0.465 e. The first-order valence-corrected chi connectivity index (χ1v) is 7.09. The molecule has 1 amide bonds. The van der Waals surface area contributed by atoms with E-state index in [1.165, 1.54) is 0 Å². The Hall–Kier alpha value is -3.68. The lowest BCUT2D eigenvalue weighted by Gasteiger charge is -2.04. The topological polar surface area (TPSA) is 124 Å². The molecule has 0 aliphatic heterocycles. The summed E-state index contributed by atoms with van der Waals surface area (Å²) in [5.74, 6) is 0.147. The molecule has 0 aliphatic rings. The predicted molar refractivity (Wildman–Crippen MR) is 89.1 cm³/mol. The number of carboxylic acid groups (broad SMARTS) is 1. The molecule has 0 radical (unpaired) electrons. The number of imidazole rings is 1. The molecular weight excluding hydrogens is 310 g/mol. The standard InChI is InChI=1S/C16H11N5O3/c22-14-10-4-2-1-3-9(10)13(20-21-14)8-5-6-11-12(7-8)18-15(17-11)19-16(23)24/h1-7H,(H,21,22)(H,23,24)(H2,17,18,19). The maximum absolute atomic E-state index is 11.9. The van der Waals surface area contributed by atoms with Crippen LogP contribution in [0, 0.1) is 0 Å². The molecule has 8 heteroatoms. The Morgan fingerprint density at radius 1 is 1.12 bits per heavy atom. The summed E-state index contributed by atoms with van der Waals surface area (Å²) in [6.07, 6.45) is -1.19. The molecule has 0 bridgehead atoms. The summed E-state index contributed by atoms with van der Waals surface area (Å²) in [7, 11) is 0. The summed E-state index contributed by atoms with van der Waals surface area (Å²) in [6, 6.07) is 12.6. The molecule has 4 rings (SSSR count). The molecule has 0 fully saturated rings. The van der Waals surface area contributed by atoms with Crippen molar-refractivity contribution in [2.45, 2.75) is 0 Å². The Bertz CT molecular complexity index is 1150. The van der Waals surface area contributed by atoms with E-state index in [0.29, 0.717) is 22.1 Å². The minimum absolute atomic E-state index is 0.147. The molecule has 2 heterocycles. The minimum Gasteiger partial charge on any atom is -0.465 e. The van der Waals surface area contributed by atoms with Crippen LogP contribution >= 0.6 is 0 Å². The van der Waals surface area contributed by atoms with Crippen LogP contribution in [0.25, 0.3) is 33.1 Å². The summed E-state index contributed by atoms with van der Waals surface area (Å²) < 4.78 is 0. The molecule has 0 saturated carbocycles. The van der Waals surface area contributed by atoms with Gasteiger partial charge in [-0.1, -0.05) is 24.3 Å². The third-order valence-electron chi connectivity index (χ3n) is 3.68. The van der Waals surface area contributed by atoms with Crippen molar-refractivity contribution in [3.05, 3.63) is 52.8 Å². The van der Waals surface area contributed by atoms with Gasteiger partial charge in [0.1, 0.15) is 0 Å². The molecule has 24 heavy (non-hydrogen) atoms. The molecule has 4 aromatic rings. The van der Waals surface area contributed by atoms with Crippen LogP contribution in [0.3, 0.4) is 0 Å². The van der Waals surface area contributed by atoms with E-state index in [1.54, 1.807) is 18.2 Å². The zero-order chi connectivity index (χ0) is 16.7. The normalized spacial score (nSPS) is 11.0. The highest BCUT2D eigenvalue weighted by atomic mass is 16.4. The number of nitrogens with one attached hydrogen (secondary N) is 3. The van der Waals surface area contributed by atoms with Gasteiger partial charge in [0, 0.05) is 10.9 Å². The Balaban J connectivity index is 1.89. The number of rotatable bonds is 2. The lowest BCUT2D eigenvalue weighted by Crippen LogP contribution is -2.09. The fraction of sp³-hybridized carbons (Fsp3) is 0. The van der Waals surface area contributed by atoms with Crippen molar-refractivity contribution in [1.29, 1.82) is 0 Å². The third kappa shape index (κ3) is 2.26. The number of aromatic amines is 2. The predicted octanol–water partition coefficient (Wildman–Crippen LogP) is 2.56. The van der Waals surface area contributed by atoms with Gasteiger partial charge in [-0.15, -0.1) is 0 Å². The fourth-order valence-corrected chi connectivity index (χ4v) is 2.65. The quantitative estimate of drug-likeness (QED) is 0.452. The number of nitrogens with zero attached hydrogens (tertiary/aromatic N) is 2. The molecule has 0 saturated heterocycles. The molecule has 2 aromatic carbocycles. The van der Waals surface area contributed by atoms with E-state index in [9.17, 15) is 9.59 Å². The molecule has 0 atom stereocenters. The fourth-order valence-electron chi connectivity index (χ4n) is 2.65. The van der Waals surface area contributed by atoms with E-state index in [-0.39, 0.29) is 11.5 Å². The van der Waals surface area contributed by atoms with Crippen molar-refractivity contribution in [1.82, 2.24) is 20.2 Å². The van der Waals surface area contributed by atoms with Gasteiger partial charge in [-0.05, 0) is 18.2 Å². The molecule has 118 valence electrons. The maximum Gasteiger partial charge on any atom is 0.411 e. The lowest BCUT2D eigenvalue weighted by atomic mass is 10.0. The van der Waals surface area contributed by atoms with Gasteiger partial charge in [0.05, 0.1) is 22.1 Å². The molecule has 2 aromatic heterocycles. The monoisotopic (exact) mass is 321 g/mol. The average molecular weight is 321 g/mol. The Morgan fingerprint density at radius 3 is 2.71 bits per heavy atom. The van der Waals surface area contributed by atoms with Crippen LogP contribution in [0.4, 0.5) is 10.7 Å². The Morgan fingerprint density at radius 2 is 1.92 bits per heavy atom. The van der Waals surface area contributed by atoms with Gasteiger partial charge in [-0.3, -0.25) is 10.1 Å². The second kappa shape index (κ2) is 5.20. The second-order valence-corrected chi connectivity index (χ2v) is 5.19. The highest BCUT2D eigenvalue weighted by molar-refractivity contribution is 5.96. The van der Waals surface area contributed by atoms with E-state index >= 15 is 0 Å². The summed E-state index contributed by atoms with van der Waals surface area (Å²) in [4.78, 5) is 29.6. The Labute approximate surface area is 134 Å². The number of benzene rings is 2. The van der Waals surface area contributed by atoms with E-state index in [2.05, 4.69) is 25.5 Å². The number of hydrogen-bond donors (Lipinski definition) is 4. The number of amides is 1. The van der Waals surface area contributed by atoms with Crippen molar-refractivity contribution >= 4 is 33.8 Å². The van der Waals surface area contributed by atoms with Crippen LogP contribution in [0.15, 0.2) is 47.3 Å². The summed E-state index contributed by atoms with van der Waals surface area (Å²) in [5.41, 5.74) is 2.45. The summed E-state index contributed by atoms with van der Waals surface area (Å²) in [5, 5.41) is 18.9. The van der Waals surface area contributed by atoms with Gasteiger partial charge in [0.25, 0.3) is 5.56 Å². The first-order valence-electron chi connectivity index (χ1n) is 7.09. The number of anilines is 1. The molecule has 0 spiro atoms. The second-order valence-electron chi connectivity index (χ2n) is 5.19. The highest BCUT2D eigenvalue weighted by Gasteiger charge is 2.11. The summed E-state index contributed by atoms with van der Waals surface area (Å²) >= 11 is 0. The van der Waals surface area contributed by atoms with Crippen LogP contribution in [0.2, 0.25) is 0 Å². The third-order valence-corrected chi connectivity index (χ3v) is 3.68. The number of fused-ring (bicyclic) bond motifs is 2. The highest BCUT2D eigenvalue weighted by Crippen LogP contribution is 2.27. The van der Waals surface area contributed by atoms with Crippen LogP contribution in [0.5, 0.6) is 0 Å². The van der Waals surface area contributed by atoms with Crippen molar-refractivity contribution < 1.29 is 9.90 Å². The van der Waals surface area contributed by atoms with Crippen LogP contribution in [-0.4, -0.2) is 31.4 Å². The van der Waals surface area contributed by atoms with E-state index in [4.69, 9.17) is 5.11 Å². The number of aromatic nitrogens is 4. The number of carbonyl (C=O) groups is 1. The molecule has 8 nitrogen and oxygen atoms in total. The van der Waals surface area contributed by atoms with E-state index < -0.39 is 6.09 Å². The van der Waals surface area contributed by atoms with Crippen LogP contribution in [-0.2, 0) is 0 Å². The van der Waals surface area contributed by atoms with Gasteiger partial charge in [-0.2, -0.15) is 5.10 Å². The minimum atomic E-state index is -1.19. The maximum atomic E-state index is 11.9. The van der Waals surface area contributed by atoms with Crippen molar-refractivity contribution in [3.63, 3.8) is 0 Å². The Kier molecular flexibility index (Phi) is 3.02. The van der Waals surface area contributed by atoms with Gasteiger partial charge < -0.3 is 10.1 Å². The van der Waals surface area contributed by atoms with Gasteiger partial charge >= 0.3 is 6.09 Å². The van der Waals surface area contributed by atoms with Crippen molar-refractivity contribution in [2.24, 2.45) is 0 Å².